The number of benzene rings is 1. The van der Waals surface area contributed by atoms with Crippen molar-refractivity contribution in [3.05, 3.63) is 77.0 Å². The maximum absolute atomic E-state index is 12.2. The Hall–Kier alpha value is -2.95. The van der Waals surface area contributed by atoms with Crippen LogP contribution in [0.25, 0.3) is 16.6 Å². The fourth-order valence-electron chi connectivity index (χ4n) is 2.42. The average Bonchev–Trinajstić information content (AvgIpc) is 2.84. The van der Waals surface area contributed by atoms with E-state index < -0.39 is 0 Å². The third-order valence-corrected chi connectivity index (χ3v) is 3.46. The number of nitrogens with zero attached hydrogens (tertiary/aromatic N) is 4. The molecule has 3 aromatic heterocycles. The summed E-state index contributed by atoms with van der Waals surface area (Å²) in [7, 11) is 0. The van der Waals surface area contributed by atoms with E-state index >= 15 is 0 Å². The highest BCUT2D eigenvalue weighted by atomic mass is 16.2. The van der Waals surface area contributed by atoms with E-state index in [1.54, 1.807) is 6.20 Å². The van der Waals surface area contributed by atoms with Crippen LogP contribution < -0.4 is 5.69 Å². The van der Waals surface area contributed by atoms with Gasteiger partial charge in [-0.2, -0.15) is 0 Å². The molecule has 5 heteroatoms. The number of pyridine rings is 2. The van der Waals surface area contributed by atoms with Crippen molar-refractivity contribution in [3.8, 4) is 0 Å². The fraction of sp³-hybridized carbons (Fsp3) is 0.0625. The molecule has 5 nitrogen and oxygen atoms in total. The van der Waals surface area contributed by atoms with Crippen LogP contribution in [0, 0.1) is 0 Å². The van der Waals surface area contributed by atoms with Crippen molar-refractivity contribution < 1.29 is 0 Å². The first-order chi connectivity index (χ1) is 10.3. The van der Waals surface area contributed by atoms with Crippen LogP contribution in [0.4, 0.5) is 0 Å². The van der Waals surface area contributed by atoms with Gasteiger partial charge in [0.05, 0.1) is 17.8 Å². The van der Waals surface area contributed by atoms with Crippen LogP contribution in [0.1, 0.15) is 5.69 Å². The van der Waals surface area contributed by atoms with Crippen molar-refractivity contribution >= 4 is 16.6 Å². The van der Waals surface area contributed by atoms with Gasteiger partial charge in [0.25, 0.3) is 0 Å². The van der Waals surface area contributed by atoms with Gasteiger partial charge in [0.15, 0.2) is 5.65 Å². The molecular weight excluding hydrogens is 264 g/mol. The lowest BCUT2D eigenvalue weighted by Gasteiger charge is -2.02. The molecule has 3 heterocycles. The summed E-state index contributed by atoms with van der Waals surface area (Å²) >= 11 is 0. The Morgan fingerprint density at radius 3 is 2.71 bits per heavy atom. The maximum Gasteiger partial charge on any atom is 0.350 e. The van der Waals surface area contributed by atoms with Crippen molar-refractivity contribution in [1.29, 1.82) is 0 Å². The van der Waals surface area contributed by atoms with Gasteiger partial charge in [-0.3, -0.25) is 9.38 Å². The minimum atomic E-state index is -0.152. The highest BCUT2D eigenvalue weighted by Gasteiger charge is 2.07. The van der Waals surface area contributed by atoms with Gasteiger partial charge in [0, 0.05) is 11.6 Å². The zero-order chi connectivity index (χ0) is 14.2. The third kappa shape index (κ3) is 1.99. The molecule has 0 aliphatic rings. The lowest BCUT2D eigenvalue weighted by atomic mass is 10.2. The summed E-state index contributed by atoms with van der Waals surface area (Å²) < 4.78 is 2.97. The third-order valence-electron chi connectivity index (χ3n) is 3.46. The molecule has 0 fully saturated rings. The normalized spacial score (nSPS) is 11.2. The van der Waals surface area contributed by atoms with Crippen molar-refractivity contribution in [3.63, 3.8) is 0 Å². The van der Waals surface area contributed by atoms with Crippen molar-refractivity contribution in [2.75, 3.05) is 0 Å². The Morgan fingerprint density at radius 2 is 1.81 bits per heavy atom. The molecule has 102 valence electrons. The van der Waals surface area contributed by atoms with E-state index in [0.717, 1.165) is 16.6 Å². The van der Waals surface area contributed by atoms with Gasteiger partial charge in [-0.25, -0.2) is 9.48 Å². The van der Waals surface area contributed by atoms with Gasteiger partial charge >= 0.3 is 5.69 Å². The monoisotopic (exact) mass is 276 g/mol. The topological polar surface area (TPSA) is 52.2 Å². The van der Waals surface area contributed by atoms with Crippen LogP contribution in [0.3, 0.4) is 0 Å². The van der Waals surface area contributed by atoms with Crippen LogP contribution in [-0.2, 0) is 6.54 Å². The van der Waals surface area contributed by atoms with Gasteiger partial charge in [-0.05, 0) is 24.3 Å². The number of rotatable bonds is 2. The smallest absolute Gasteiger partial charge is 0.251 e. The summed E-state index contributed by atoms with van der Waals surface area (Å²) in [5.74, 6) is 0. The van der Waals surface area contributed by atoms with E-state index in [1.807, 2.05) is 54.6 Å². The predicted octanol–water partition coefficient (Wildman–Crippen LogP) is 2.09. The molecular formula is C16H12N4O. The molecule has 0 saturated heterocycles. The average molecular weight is 276 g/mol. The van der Waals surface area contributed by atoms with Crippen LogP contribution in [-0.4, -0.2) is 19.2 Å². The Labute approximate surface area is 120 Å². The first kappa shape index (κ1) is 11.8. The van der Waals surface area contributed by atoms with Crippen LogP contribution in [0.2, 0.25) is 0 Å². The number of para-hydroxylation sites is 1. The summed E-state index contributed by atoms with van der Waals surface area (Å²) in [6.45, 7) is 0.366. The van der Waals surface area contributed by atoms with Crippen molar-refractivity contribution in [2.45, 2.75) is 6.54 Å². The first-order valence-electron chi connectivity index (χ1n) is 6.70. The fourth-order valence-corrected chi connectivity index (χ4v) is 2.42. The Kier molecular flexibility index (Phi) is 2.57. The number of hydrogen-bond acceptors (Lipinski definition) is 3. The quantitative estimate of drug-likeness (QED) is 0.563. The van der Waals surface area contributed by atoms with E-state index in [1.165, 1.54) is 9.08 Å². The summed E-state index contributed by atoms with van der Waals surface area (Å²) in [5.41, 5.74) is 2.23. The minimum absolute atomic E-state index is 0.152. The molecule has 21 heavy (non-hydrogen) atoms. The second kappa shape index (κ2) is 4.56. The van der Waals surface area contributed by atoms with Crippen molar-refractivity contribution in [1.82, 2.24) is 19.2 Å². The maximum atomic E-state index is 12.2. The number of aromatic nitrogens is 4. The molecule has 0 bridgehead atoms. The zero-order valence-corrected chi connectivity index (χ0v) is 11.2. The van der Waals surface area contributed by atoms with Gasteiger partial charge in [-0.1, -0.05) is 30.3 Å². The highest BCUT2D eigenvalue weighted by molar-refractivity contribution is 5.78. The lowest BCUT2D eigenvalue weighted by molar-refractivity contribution is 0.648. The molecule has 0 aliphatic carbocycles. The molecule has 0 amide bonds. The Balaban J connectivity index is 1.79. The Morgan fingerprint density at radius 1 is 0.952 bits per heavy atom. The zero-order valence-electron chi connectivity index (χ0n) is 11.2. The summed E-state index contributed by atoms with van der Waals surface area (Å²) in [6.07, 6.45) is 1.72. The van der Waals surface area contributed by atoms with Crippen LogP contribution >= 0.6 is 0 Å². The molecule has 4 aromatic rings. The van der Waals surface area contributed by atoms with Crippen LogP contribution in [0.5, 0.6) is 0 Å². The molecule has 0 N–H and O–H groups in total. The SMILES string of the molecule is O=c1n(Cc2ccc3ccccc3n2)nc2ccccn12. The molecule has 0 spiro atoms. The van der Waals surface area contributed by atoms with Gasteiger partial charge in [0.2, 0.25) is 0 Å². The second-order valence-corrected chi connectivity index (χ2v) is 4.86. The van der Waals surface area contributed by atoms with Gasteiger partial charge in [-0.15, -0.1) is 5.10 Å². The van der Waals surface area contributed by atoms with E-state index in [-0.39, 0.29) is 5.69 Å². The van der Waals surface area contributed by atoms with Gasteiger partial charge in [0.1, 0.15) is 0 Å². The van der Waals surface area contributed by atoms with Gasteiger partial charge < -0.3 is 0 Å². The lowest BCUT2D eigenvalue weighted by Crippen LogP contribution is -2.21. The number of fused-ring (bicyclic) bond motifs is 2. The molecule has 0 atom stereocenters. The molecule has 4 rings (SSSR count). The Bertz CT molecular complexity index is 1000. The van der Waals surface area contributed by atoms with E-state index in [9.17, 15) is 4.79 Å². The molecule has 1 aromatic carbocycles. The summed E-state index contributed by atoms with van der Waals surface area (Å²) in [5, 5.41) is 5.40. The molecule has 0 saturated carbocycles. The summed E-state index contributed by atoms with van der Waals surface area (Å²) in [6, 6.07) is 17.3. The molecule has 0 radical (unpaired) electrons. The van der Waals surface area contributed by atoms with Crippen LogP contribution in [0.15, 0.2) is 65.6 Å². The minimum Gasteiger partial charge on any atom is -0.251 e. The predicted molar refractivity (Wildman–Crippen MR) is 80.3 cm³/mol. The van der Waals surface area contributed by atoms with E-state index in [2.05, 4.69) is 10.1 Å². The first-order valence-corrected chi connectivity index (χ1v) is 6.70. The largest absolute Gasteiger partial charge is 0.350 e. The van der Waals surface area contributed by atoms with E-state index in [0.29, 0.717) is 12.2 Å². The standard InChI is InChI=1S/C16H12N4O/c21-16-19-10-4-3-7-15(19)18-20(16)11-13-9-8-12-5-1-2-6-14(12)17-13/h1-10H,11H2. The number of hydrogen-bond donors (Lipinski definition) is 0. The highest BCUT2D eigenvalue weighted by Crippen LogP contribution is 2.12. The van der Waals surface area contributed by atoms with Crippen molar-refractivity contribution in [2.24, 2.45) is 0 Å². The van der Waals surface area contributed by atoms with E-state index in [4.69, 9.17) is 0 Å². The summed E-state index contributed by atoms with van der Waals surface area (Å²) in [4.78, 5) is 16.8. The molecule has 0 unspecified atom stereocenters. The molecule has 0 aliphatic heterocycles. The second-order valence-electron chi connectivity index (χ2n) is 4.86.